The Kier molecular flexibility index (Phi) is 7.64. The van der Waals surface area contributed by atoms with Crippen molar-refractivity contribution in [3.05, 3.63) is 60.9 Å². The molecule has 43 heavy (non-hydrogen) atoms. The molecule has 1 aliphatic heterocycles. The minimum atomic E-state index is -0.836. The van der Waals surface area contributed by atoms with Gasteiger partial charge in [0.15, 0.2) is 5.82 Å². The van der Waals surface area contributed by atoms with Gasteiger partial charge in [-0.15, -0.1) is 32.9 Å². The number of carbonyl (C=O) groups excluding carboxylic acids is 2. The molecule has 2 amide bonds. The van der Waals surface area contributed by atoms with Gasteiger partial charge in [-0.05, 0) is 68.2 Å². The van der Waals surface area contributed by atoms with Crippen LogP contribution in [0, 0.1) is 17.2 Å². The molecule has 3 aromatic rings. The first-order valence-electron chi connectivity index (χ1n) is 14.6. The lowest BCUT2D eigenvalue weighted by atomic mass is 9.76. The highest BCUT2D eigenvalue weighted by Gasteiger charge is 2.53. The largest absolute Gasteiger partial charge is 0.355 e. The number of aromatic amines is 1. The van der Waals surface area contributed by atoms with Gasteiger partial charge in [0.1, 0.15) is 11.5 Å². The average Bonchev–Trinajstić information content (AvgIpc) is 3.48. The summed E-state index contributed by atoms with van der Waals surface area (Å²) in [7, 11) is 7.04. The van der Waals surface area contributed by atoms with E-state index in [1.165, 1.54) is 22.7 Å². The maximum absolute atomic E-state index is 13.2. The molecule has 2 aliphatic carbocycles. The number of piperidine rings is 1. The molecule has 4 atom stereocenters. The zero-order valence-electron chi connectivity index (χ0n) is 25.2. The van der Waals surface area contributed by atoms with Crippen molar-refractivity contribution >= 4 is 34.5 Å². The maximum atomic E-state index is 13.2. The van der Waals surface area contributed by atoms with E-state index >= 15 is 0 Å². The lowest BCUT2D eigenvalue weighted by Crippen LogP contribution is -2.42. The van der Waals surface area contributed by atoms with E-state index in [0.717, 1.165) is 52.3 Å². The number of rotatable bonds is 9. The fraction of sp³-hybridized carbons (Fsp3) is 0.533. The molecule has 4 heterocycles. The van der Waals surface area contributed by atoms with Crippen LogP contribution >= 0.6 is 22.7 Å². The van der Waals surface area contributed by atoms with Crippen LogP contribution in [-0.4, -0.2) is 100.0 Å². The Hall–Kier alpha value is -3.60. The molecule has 0 spiro atoms. The zero-order valence-corrected chi connectivity index (χ0v) is 26.8. The minimum absolute atomic E-state index is 0.0441. The Labute approximate surface area is 259 Å². The topological polar surface area (TPSA) is 134 Å². The third-order valence-electron chi connectivity index (χ3n) is 8.90. The van der Waals surface area contributed by atoms with Crippen molar-refractivity contribution in [3.63, 3.8) is 0 Å². The van der Waals surface area contributed by atoms with Crippen LogP contribution < -0.4 is 5.32 Å². The number of H-pyrrole nitrogens is 1. The van der Waals surface area contributed by atoms with Crippen LogP contribution in [0.2, 0.25) is 0 Å². The number of hydrogen-bond acceptors (Lipinski definition) is 10. The number of likely N-dealkylation sites (tertiary alicyclic amines) is 1. The normalized spacial score (nSPS) is 22.0. The van der Waals surface area contributed by atoms with Crippen LogP contribution in [0.4, 0.5) is 0 Å². The fourth-order valence-corrected chi connectivity index (χ4v) is 9.67. The smallest absolute Gasteiger partial charge is 0.263 e. The second-order valence-electron chi connectivity index (χ2n) is 12.4. The molecule has 1 saturated heterocycles. The van der Waals surface area contributed by atoms with Gasteiger partial charge >= 0.3 is 0 Å². The van der Waals surface area contributed by atoms with Crippen molar-refractivity contribution in [2.24, 2.45) is 5.92 Å². The second kappa shape index (κ2) is 11.2. The first-order valence-corrected chi connectivity index (χ1v) is 16.2. The third-order valence-corrected chi connectivity index (χ3v) is 11.6. The summed E-state index contributed by atoms with van der Waals surface area (Å²) in [5, 5.41) is 29.1. The van der Waals surface area contributed by atoms with E-state index < -0.39 is 5.41 Å². The van der Waals surface area contributed by atoms with E-state index in [4.69, 9.17) is 0 Å². The van der Waals surface area contributed by atoms with Gasteiger partial charge in [-0.2, -0.15) is 10.5 Å². The third kappa shape index (κ3) is 5.05. The quantitative estimate of drug-likeness (QED) is 0.374. The van der Waals surface area contributed by atoms with Crippen molar-refractivity contribution in [2.75, 3.05) is 34.7 Å². The number of nitrogens with one attached hydrogen (secondary N) is 2. The monoisotopic (exact) mass is 619 g/mol. The number of amides is 2. The molecule has 2 N–H and O–H groups in total. The van der Waals surface area contributed by atoms with E-state index in [9.17, 15) is 14.9 Å². The summed E-state index contributed by atoms with van der Waals surface area (Å²) < 4.78 is 0. The molecule has 1 saturated carbocycles. The summed E-state index contributed by atoms with van der Waals surface area (Å²) in [6.45, 7) is 7.03. The van der Waals surface area contributed by atoms with E-state index in [-0.39, 0.29) is 23.9 Å². The van der Waals surface area contributed by atoms with Gasteiger partial charge in [0.2, 0.25) is 0 Å². The van der Waals surface area contributed by atoms with Crippen LogP contribution in [0.25, 0.3) is 0 Å². The molecular weight excluding hydrogens is 583 g/mol. The van der Waals surface area contributed by atoms with Crippen LogP contribution in [0.1, 0.15) is 72.2 Å². The van der Waals surface area contributed by atoms with E-state index in [1.807, 2.05) is 12.1 Å². The number of aromatic nitrogens is 4. The number of nitrogens with zero attached hydrogens (tertiary/aromatic N) is 7. The first-order chi connectivity index (χ1) is 20.5. The van der Waals surface area contributed by atoms with Crippen molar-refractivity contribution in [2.45, 2.75) is 62.6 Å². The fourth-order valence-electron chi connectivity index (χ4n) is 6.74. The van der Waals surface area contributed by atoms with Crippen LogP contribution in [0.15, 0.2) is 24.4 Å². The summed E-state index contributed by atoms with van der Waals surface area (Å²) in [6, 6.07) is 6.76. The molecule has 226 valence electrons. The summed E-state index contributed by atoms with van der Waals surface area (Å²) in [6.07, 6.45) is 4.09. The summed E-state index contributed by atoms with van der Waals surface area (Å²) in [4.78, 5) is 35.1. The second-order valence-corrected chi connectivity index (χ2v) is 14.5. The van der Waals surface area contributed by atoms with Gasteiger partial charge in [-0.3, -0.25) is 9.59 Å². The lowest BCUT2D eigenvalue weighted by Gasteiger charge is -2.34. The zero-order chi connectivity index (χ0) is 30.6. The molecule has 0 radical (unpaired) electrons. The first kappa shape index (κ1) is 29.5. The minimum Gasteiger partial charge on any atom is -0.355 e. The maximum Gasteiger partial charge on any atom is 0.263 e. The molecule has 3 aliphatic rings. The number of carbonyl (C=O) groups is 2. The van der Waals surface area contributed by atoms with Gasteiger partial charge in [0.25, 0.3) is 11.8 Å². The van der Waals surface area contributed by atoms with Crippen LogP contribution in [0.5, 0.6) is 0 Å². The molecule has 13 heteroatoms. The van der Waals surface area contributed by atoms with Crippen molar-refractivity contribution in [1.29, 1.82) is 5.26 Å². The summed E-state index contributed by atoms with van der Waals surface area (Å²) >= 11 is 2.97. The van der Waals surface area contributed by atoms with Crippen molar-refractivity contribution in [1.82, 2.24) is 40.6 Å². The Morgan fingerprint density at radius 3 is 2.26 bits per heavy atom. The summed E-state index contributed by atoms with van der Waals surface area (Å²) in [5.74, 6) is 1.03. The lowest BCUT2D eigenvalue weighted by molar-refractivity contribution is 0.0825. The van der Waals surface area contributed by atoms with Crippen LogP contribution in [0.3, 0.4) is 0 Å². The Bertz CT molecular complexity index is 1530. The predicted octanol–water partition coefficient (Wildman–Crippen LogP) is 3.03. The van der Waals surface area contributed by atoms with Gasteiger partial charge in [-0.1, -0.05) is 11.8 Å². The summed E-state index contributed by atoms with van der Waals surface area (Å²) in [5.41, 5.74) is 2.28. The van der Waals surface area contributed by atoms with E-state index in [1.54, 1.807) is 38.0 Å². The van der Waals surface area contributed by atoms with Crippen LogP contribution in [-0.2, 0) is 18.3 Å². The molecular formula is C30H37N9O2S2. The van der Waals surface area contributed by atoms with E-state index in [2.05, 4.69) is 50.4 Å². The number of thiophene rings is 2. The standard InChI is InChI=1S/C30H37N9O2S2/c1-16(32-15-17(2)39-21(14-31)9-20-10-22(20)39)13-30(29-33-35-36-34-29)25-18(11-23(42-25)27(40)37(3)4)7-8-19-12-24(43-26(19)30)28(41)38(5)6/h11-12,16,20-22,32H,2,7-10,13,15H2,1,3-6H3,(H,33,34,35,36)/t16-,20+,21?,22-/m0/s1. The number of aryl methyl sites for hydroxylation is 2. The van der Waals surface area contributed by atoms with E-state index in [0.29, 0.717) is 40.5 Å². The Morgan fingerprint density at radius 1 is 1.14 bits per heavy atom. The molecule has 6 rings (SSSR count). The number of fused-ring (bicyclic) bond motifs is 3. The highest BCUT2D eigenvalue weighted by molar-refractivity contribution is 7.16. The van der Waals surface area contributed by atoms with Gasteiger partial charge < -0.3 is 20.0 Å². The molecule has 2 fully saturated rings. The van der Waals surface area contributed by atoms with Crippen molar-refractivity contribution < 1.29 is 9.59 Å². The van der Waals surface area contributed by atoms with Gasteiger partial charge in [0.05, 0.1) is 15.8 Å². The highest BCUT2D eigenvalue weighted by Crippen LogP contribution is 2.52. The van der Waals surface area contributed by atoms with Crippen molar-refractivity contribution in [3.8, 4) is 6.07 Å². The number of hydrogen-bond donors (Lipinski definition) is 2. The molecule has 1 unspecified atom stereocenters. The molecule has 3 aromatic heterocycles. The average molecular weight is 620 g/mol. The molecule has 11 nitrogen and oxygen atoms in total. The Balaban J connectivity index is 1.41. The van der Waals surface area contributed by atoms with Gasteiger partial charge in [-0.25, -0.2) is 0 Å². The molecule has 0 bridgehead atoms. The molecule has 0 aromatic carbocycles. The number of tetrazole rings is 1. The number of nitriles is 1. The van der Waals surface area contributed by atoms with Gasteiger partial charge in [0, 0.05) is 62.3 Å². The SMILES string of the molecule is C=C(CN[C@@H](C)CC1(c2nn[nH]n2)c2sc(C(=O)N(C)C)cc2CCc2cc(C(=O)N(C)C)sc21)N1C(C#N)C[C@@H]2C[C@@H]21. The Morgan fingerprint density at radius 2 is 1.74 bits per heavy atom. The predicted molar refractivity (Wildman–Crippen MR) is 165 cm³/mol. The highest BCUT2D eigenvalue weighted by atomic mass is 32.1.